The van der Waals surface area contributed by atoms with E-state index in [0.29, 0.717) is 36.0 Å². The first-order chi connectivity index (χ1) is 20.1. The number of rotatable bonds is 7. The zero-order valence-electron chi connectivity index (χ0n) is 26.3. The third kappa shape index (κ3) is 5.59. The summed E-state index contributed by atoms with van der Waals surface area (Å²) in [6.07, 6.45) is 8.82. The highest BCUT2D eigenvalue weighted by Crippen LogP contribution is 2.68. The Bertz CT molecular complexity index is 1080. The van der Waals surface area contributed by atoms with Gasteiger partial charge < -0.3 is 20.6 Å². The van der Waals surface area contributed by atoms with Crippen molar-refractivity contribution in [1.29, 1.82) is 0 Å². The van der Waals surface area contributed by atoms with Crippen LogP contribution in [0.25, 0.3) is 0 Å². The van der Waals surface area contributed by atoms with Crippen LogP contribution in [-0.2, 0) is 11.3 Å². The lowest BCUT2D eigenvalue weighted by atomic mass is 9.43. The van der Waals surface area contributed by atoms with E-state index in [1.807, 2.05) is 0 Å². The fourth-order valence-electron chi connectivity index (χ4n) is 11.1. The minimum Gasteiger partial charge on any atom is -0.393 e. The Labute approximate surface area is 253 Å². The molecule has 6 nitrogen and oxygen atoms in total. The first-order valence-electron chi connectivity index (χ1n) is 17.2. The molecule has 1 aromatic carbocycles. The lowest BCUT2D eigenvalue weighted by Crippen LogP contribution is -2.62. The van der Waals surface area contributed by atoms with Crippen LogP contribution in [0.2, 0.25) is 0 Å². The maximum Gasteiger partial charge on any atom is 0.220 e. The number of fused-ring (bicyclic) bond motifs is 5. The Morgan fingerprint density at radius 1 is 0.976 bits per heavy atom. The highest BCUT2D eigenvalue weighted by molar-refractivity contribution is 5.76. The van der Waals surface area contributed by atoms with Gasteiger partial charge in [0.05, 0.1) is 18.3 Å². The van der Waals surface area contributed by atoms with Gasteiger partial charge >= 0.3 is 0 Å². The minimum absolute atomic E-state index is 0.102. The molecule has 1 amide bonds. The third-order valence-electron chi connectivity index (χ3n) is 13.5. The molecule has 1 saturated heterocycles. The molecule has 4 saturated carbocycles. The molecule has 5 fully saturated rings. The van der Waals surface area contributed by atoms with Crippen LogP contribution in [0.15, 0.2) is 30.3 Å². The molecule has 1 aliphatic heterocycles. The molecule has 1 aromatic rings. The predicted molar refractivity (Wildman–Crippen MR) is 165 cm³/mol. The number of likely N-dealkylation sites (tertiary alicyclic amines) is 1. The van der Waals surface area contributed by atoms with Crippen LogP contribution in [-0.4, -0.2) is 63.6 Å². The van der Waals surface area contributed by atoms with E-state index in [1.165, 1.54) is 5.56 Å². The Morgan fingerprint density at radius 3 is 2.45 bits per heavy atom. The van der Waals surface area contributed by atoms with E-state index in [9.17, 15) is 20.1 Å². The van der Waals surface area contributed by atoms with Gasteiger partial charge in [0.25, 0.3) is 0 Å². The van der Waals surface area contributed by atoms with Crippen molar-refractivity contribution < 1.29 is 20.1 Å². The molecular formula is C36H56N2O4. The molecule has 5 aliphatic rings. The standard InChI is InChI=1S/C36H56N2O4/c1-23(9-12-33(42)37-26-14-17-38(18-15-26)22-24-7-5-4-6-8-24)28-10-11-29-34-30(21-32(41)36(28,29)3)35(2)16-13-27(39)19-25(35)20-31(34)40/h4-8,23,25-32,34,39-41H,9-22H2,1-3H3,(H,37,42). The van der Waals surface area contributed by atoms with Crippen LogP contribution >= 0.6 is 0 Å². The van der Waals surface area contributed by atoms with Gasteiger partial charge in [-0.05, 0) is 116 Å². The van der Waals surface area contributed by atoms with Crippen LogP contribution in [0.1, 0.15) is 97.0 Å². The Kier molecular flexibility index (Phi) is 8.83. The average molecular weight is 581 g/mol. The summed E-state index contributed by atoms with van der Waals surface area (Å²) in [5.74, 6) is 2.15. The van der Waals surface area contributed by atoms with Gasteiger partial charge in [-0.15, -0.1) is 0 Å². The second kappa shape index (κ2) is 12.1. The van der Waals surface area contributed by atoms with Crippen LogP contribution in [0, 0.1) is 46.3 Å². The number of hydrogen-bond acceptors (Lipinski definition) is 5. The summed E-state index contributed by atoms with van der Waals surface area (Å²) in [5, 5.41) is 37.1. The monoisotopic (exact) mass is 580 g/mol. The SMILES string of the molecule is CC(CCC(=O)NC1CCN(Cc2ccccc2)CC1)C1CCC2C3C(O)CC4CC(O)CCC4(C)C3CC(O)C12C. The minimum atomic E-state index is -0.372. The second-order valence-electron chi connectivity index (χ2n) is 15.6. The molecular weight excluding hydrogens is 524 g/mol. The van der Waals surface area contributed by atoms with Gasteiger partial charge in [0.15, 0.2) is 0 Å². The van der Waals surface area contributed by atoms with Crippen molar-refractivity contribution in [3.05, 3.63) is 35.9 Å². The Hall–Kier alpha value is -1.47. The third-order valence-corrected chi connectivity index (χ3v) is 13.5. The van der Waals surface area contributed by atoms with Gasteiger partial charge in [0.2, 0.25) is 5.91 Å². The Balaban J connectivity index is 1.02. The van der Waals surface area contributed by atoms with Crippen molar-refractivity contribution in [2.45, 2.75) is 122 Å². The number of carbonyl (C=O) groups excluding carboxylic acids is 1. The van der Waals surface area contributed by atoms with Gasteiger partial charge in [-0.3, -0.25) is 9.69 Å². The highest BCUT2D eigenvalue weighted by Gasteiger charge is 2.65. The van der Waals surface area contributed by atoms with Gasteiger partial charge in [0.1, 0.15) is 0 Å². The molecule has 1 heterocycles. The van der Waals surface area contributed by atoms with Crippen LogP contribution in [0.4, 0.5) is 0 Å². The number of benzene rings is 1. The van der Waals surface area contributed by atoms with E-state index in [1.54, 1.807) is 0 Å². The molecule has 0 radical (unpaired) electrons. The molecule has 0 bridgehead atoms. The van der Waals surface area contributed by atoms with Crippen molar-refractivity contribution in [2.24, 2.45) is 46.3 Å². The number of piperidine rings is 1. The van der Waals surface area contributed by atoms with Crippen LogP contribution in [0.5, 0.6) is 0 Å². The van der Waals surface area contributed by atoms with Gasteiger partial charge in [0, 0.05) is 32.1 Å². The molecule has 6 heteroatoms. The summed E-state index contributed by atoms with van der Waals surface area (Å²) in [6.45, 7) is 10.0. The number of carbonyl (C=O) groups is 1. The molecule has 6 rings (SSSR count). The van der Waals surface area contributed by atoms with Crippen molar-refractivity contribution in [1.82, 2.24) is 10.2 Å². The largest absolute Gasteiger partial charge is 0.393 e. The molecule has 11 unspecified atom stereocenters. The number of nitrogens with one attached hydrogen (secondary N) is 1. The number of nitrogens with zero attached hydrogens (tertiary/aromatic N) is 1. The van der Waals surface area contributed by atoms with Gasteiger partial charge in [-0.25, -0.2) is 0 Å². The fraction of sp³-hybridized carbons (Fsp3) is 0.806. The van der Waals surface area contributed by atoms with Gasteiger partial charge in [-0.1, -0.05) is 51.1 Å². The van der Waals surface area contributed by atoms with E-state index in [4.69, 9.17) is 0 Å². The molecule has 4 N–H and O–H groups in total. The summed E-state index contributed by atoms with van der Waals surface area (Å²) in [5.41, 5.74) is 1.24. The van der Waals surface area contributed by atoms with Crippen molar-refractivity contribution in [2.75, 3.05) is 13.1 Å². The summed E-state index contributed by atoms with van der Waals surface area (Å²) in [4.78, 5) is 15.5. The number of aliphatic hydroxyl groups is 3. The van der Waals surface area contributed by atoms with E-state index < -0.39 is 0 Å². The van der Waals surface area contributed by atoms with Crippen LogP contribution < -0.4 is 5.32 Å². The first-order valence-corrected chi connectivity index (χ1v) is 17.2. The summed E-state index contributed by atoms with van der Waals surface area (Å²) >= 11 is 0. The summed E-state index contributed by atoms with van der Waals surface area (Å²) in [7, 11) is 0. The van der Waals surface area contributed by atoms with Crippen molar-refractivity contribution in [3.8, 4) is 0 Å². The second-order valence-corrected chi connectivity index (χ2v) is 15.6. The fourth-order valence-corrected chi connectivity index (χ4v) is 11.1. The maximum absolute atomic E-state index is 13.0. The summed E-state index contributed by atoms with van der Waals surface area (Å²) in [6, 6.07) is 10.9. The highest BCUT2D eigenvalue weighted by atomic mass is 16.3. The molecule has 0 aromatic heterocycles. The van der Waals surface area contributed by atoms with Crippen molar-refractivity contribution >= 4 is 5.91 Å². The summed E-state index contributed by atoms with van der Waals surface area (Å²) < 4.78 is 0. The van der Waals surface area contributed by atoms with Crippen LogP contribution in [0.3, 0.4) is 0 Å². The first kappa shape index (κ1) is 30.6. The van der Waals surface area contributed by atoms with E-state index in [0.717, 1.165) is 83.8 Å². The normalized spacial score (nSPS) is 43.2. The topological polar surface area (TPSA) is 93.0 Å². The Morgan fingerprint density at radius 2 is 1.71 bits per heavy atom. The lowest BCUT2D eigenvalue weighted by molar-refractivity contribution is -0.207. The number of aliphatic hydroxyl groups excluding tert-OH is 3. The zero-order chi connectivity index (χ0) is 29.6. The molecule has 0 spiro atoms. The van der Waals surface area contributed by atoms with E-state index >= 15 is 0 Å². The van der Waals surface area contributed by atoms with Crippen molar-refractivity contribution in [3.63, 3.8) is 0 Å². The predicted octanol–water partition coefficient (Wildman–Crippen LogP) is 5.14. The maximum atomic E-state index is 13.0. The number of hydrogen-bond donors (Lipinski definition) is 4. The zero-order valence-corrected chi connectivity index (χ0v) is 26.3. The quantitative estimate of drug-likeness (QED) is 0.358. The smallest absolute Gasteiger partial charge is 0.220 e. The molecule has 11 atom stereocenters. The number of amides is 1. The van der Waals surface area contributed by atoms with E-state index in [2.05, 4.69) is 61.3 Å². The van der Waals surface area contributed by atoms with Gasteiger partial charge in [-0.2, -0.15) is 0 Å². The molecule has 42 heavy (non-hydrogen) atoms. The molecule has 4 aliphatic carbocycles. The van der Waals surface area contributed by atoms with E-state index in [-0.39, 0.29) is 47.0 Å². The lowest BCUT2D eigenvalue weighted by Gasteiger charge is -2.63. The average Bonchev–Trinajstić information content (AvgIpc) is 3.33. The molecule has 234 valence electrons.